The molecule has 0 amide bonds. The number of nitrogens with zero attached hydrogens (tertiary/aromatic N) is 4. The molecule has 2 saturated carbocycles. The van der Waals surface area contributed by atoms with Crippen molar-refractivity contribution >= 4 is 21.1 Å². The molecule has 2 aliphatic carbocycles. The monoisotopic (exact) mass is 511 g/mol. The average molecular weight is 511 g/mol. The molecule has 35 heavy (non-hydrogen) atoms. The molecular weight excluding hydrogens is 493 g/mol. The molecule has 3 heterocycles. The fourth-order valence-corrected chi connectivity index (χ4v) is 5.64. The normalized spacial score (nSPS) is 18.0. The quantitative estimate of drug-likeness (QED) is 0.469. The van der Waals surface area contributed by atoms with Crippen LogP contribution >= 0.6 is 0 Å². The van der Waals surface area contributed by atoms with Crippen molar-refractivity contribution in [3.8, 4) is 17.5 Å². The third kappa shape index (κ3) is 3.84. The Morgan fingerprint density at radius 3 is 2.37 bits per heavy atom. The van der Waals surface area contributed by atoms with Gasteiger partial charge in [0.15, 0.2) is 0 Å². The van der Waals surface area contributed by atoms with Crippen LogP contribution in [0.3, 0.4) is 0 Å². The first kappa shape index (κ1) is 23.6. The summed E-state index contributed by atoms with van der Waals surface area (Å²) in [6.45, 7) is 0. The Labute approximate surface area is 196 Å². The smallest absolute Gasteiger partial charge is 0.320 e. The van der Waals surface area contributed by atoms with Crippen LogP contribution in [0.1, 0.15) is 55.7 Å². The summed E-state index contributed by atoms with van der Waals surface area (Å²) < 4.78 is 94.9. The van der Waals surface area contributed by atoms with Gasteiger partial charge in [-0.15, -0.1) is 0 Å². The lowest BCUT2D eigenvalue weighted by Crippen LogP contribution is -2.47. The highest BCUT2D eigenvalue weighted by atomic mass is 32.2. The van der Waals surface area contributed by atoms with E-state index in [9.17, 15) is 35.6 Å². The Hall–Kier alpha value is -3.11. The highest BCUT2D eigenvalue weighted by Gasteiger charge is 2.65. The van der Waals surface area contributed by atoms with Crippen molar-refractivity contribution in [2.24, 2.45) is 0 Å². The number of halogens is 5. The summed E-state index contributed by atoms with van der Waals surface area (Å²) in [5, 5.41) is 10.1. The maximum atomic E-state index is 13.3. The Bertz CT molecular complexity index is 1450. The van der Waals surface area contributed by atoms with Gasteiger partial charge in [-0.1, -0.05) is 0 Å². The minimum Gasteiger partial charge on any atom is -0.320 e. The van der Waals surface area contributed by atoms with Gasteiger partial charge >= 0.3 is 6.18 Å². The second-order valence-electron chi connectivity index (χ2n) is 8.80. The number of nitrogens with one attached hydrogen (secondary N) is 1. The van der Waals surface area contributed by atoms with E-state index in [2.05, 4.69) is 9.97 Å². The van der Waals surface area contributed by atoms with Crippen molar-refractivity contribution in [2.75, 3.05) is 0 Å². The SMILES string of the molecule is N#Cc1c(-c2ccc(S(=O)(=O)NC3(C(F)(F)F)CC3)cn2)n(C2CCC2)c2ncc(C(F)F)cc12. The maximum absolute atomic E-state index is 13.3. The molecular formula is C22H18F5N5O2S. The first-order chi connectivity index (χ1) is 16.5. The summed E-state index contributed by atoms with van der Waals surface area (Å²) in [5.41, 5.74) is -1.92. The molecule has 2 aliphatic rings. The molecule has 13 heteroatoms. The Morgan fingerprint density at radius 1 is 1.17 bits per heavy atom. The molecule has 1 N–H and O–H groups in total. The number of fused-ring (bicyclic) bond motifs is 1. The lowest BCUT2D eigenvalue weighted by molar-refractivity contribution is -0.160. The number of sulfonamides is 1. The number of hydrogen-bond acceptors (Lipinski definition) is 5. The molecule has 184 valence electrons. The van der Waals surface area contributed by atoms with Crippen molar-refractivity contribution < 1.29 is 30.4 Å². The molecule has 0 aromatic carbocycles. The van der Waals surface area contributed by atoms with Crippen LogP contribution in [0.4, 0.5) is 22.0 Å². The molecule has 5 rings (SSSR count). The molecule has 0 spiro atoms. The van der Waals surface area contributed by atoms with Crippen LogP contribution in [0.5, 0.6) is 0 Å². The fraction of sp³-hybridized carbons (Fsp3) is 0.409. The van der Waals surface area contributed by atoms with E-state index in [0.29, 0.717) is 11.3 Å². The predicted molar refractivity (Wildman–Crippen MR) is 114 cm³/mol. The molecule has 7 nitrogen and oxygen atoms in total. The van der Waals surface area contributed by atoms with E-state index in [-0.39, 0.29) is 41.1 Å². The topological polar surface area (TPSA) is 101 Å². The van der Waals surface area contributed by atoms with Crippen molar-refractivity contribution in [3.05, 3.63) is 41.7 Å². The minimum atomic E-state index is -4.72. The van der Waals surface area contributed by atoms with Crippen LogP contribution in [0, 0.1) is 11.3 Å². The van der Waals surface area contributed by atoms with Gasteiger partial charge in [-0.3, -0.25) is 4.98 Å². The van der Waals surface area contributed by atoms with Gasteiger partial charge in [-0.2, -0.15) is 23.2 Å². The van der Waals surface area contributed by atoms with Gasteiger partial charge < -0.3 is 4.57 Å². The fourth-order valence-electron chi connectivity index (χ4n) is 4.25. The van der Waals surface area contributed by atoms with Gasteiger partial charge in [0.1, 0.15) is 22.2 Å². The van der Waals surface area contributed by atoms with E-state index in [1.165, 1.54) is 12.1 Å². The molecule has 0 atom stereocenters. The van der Waals surface area contributed by atoms with Crippen LogP contribution in [0.15, 0.2) is 35.5 Å². The standard InChI is InChI=1S/C22H18F5N5O2S/c23-19(24)12-8-15-16(9-28)18(32(13-2-1-3-13)20(15)30-10-12)17-5-4-14(11-29-17)35(33,34)31-21(6-7-21)22(25,26)27/h4-5,8,10-11,13,19,31H,1-3,6-7H2. The summed E-state index contributed by atoms with van der Waals surface area (Å²) >= 11 is 0. The first-order valence-corrected chi connectivity index (χ1v) is 12.2. The van der Waals surface area contributed by atoms with Gasteiger partial charge in [0.25, 0.3) is 6.43 Å². The molecule has 0 bridgehead atoms. The summed E-state index contributed by atoms with van der Waals surface area (Å²) in [6, 6.07) is 5.59. The number of aromatic nitrogens is 3. The molecule has 0 radical (unpaired) electrons. The van der Waals surface area contributed by atoms with Gasteiger partial charge in [0.2, 0.25) is 10.0 Å². The molecule has 3 aromatic rings. The van der Waals surface area contributed by atoms with Gasteiger partial charge in [0.05, 0.1) is 17.0 Å². The lowest BCUT2D eigenvalue weighted by Gasteiger charge is -2.29. The van der Waals surface area contributed by atoms with E-state index in [4.69, 9.17) is 0 Å². The first-order valence-electron chi connectivity index (χ1n) is 10.8. The van der Waals surface area contributed by atoms with Crippen LogP contribution < -0.4 is 4.72 Å². The third-order valence-corrected chi connectivity index (χ3v) is 8.10. The number of nitriles is 1. The van der Waals surface area contributed by atoms with E-state index < -0.39 is 33.1 Å². The number of rotatable bonds is 6. The van der Waals surface area contributed by atoms with Crippen LogP contribution in [0.25, 0.3) is 22.4 Å². The second-order valence-corrected chi connectivity index (χ2v) is 10.5. The van der Waals surface area contributed by atoms with Gasteiger partial charge in [-0.05, 0) is 50.3 Å². The summed E-state index contributed by atoms with van der Waals surface area (Å²) in [5.74, 6) is 0. The molecule has 0 unspecified atom stereocenters. The average Bonchev–Trinajstić information content (AvgIpc) is 3.48. The number of hydrogen-bond donors (Lipinski definition) is 1. The Balaban J connectivity index is 1.59. The van der Waals surface area contributed by atoms with E-state index >= 15 is 0 Å². The van der Waals surface area contributed by atoms with Crippen molar-refractivity contribution in [2.45, 2.75) is 61.2 Å². The molecule has 2 fully saturated rings. The second kappa shape index (κ2) is 7.96. The predicted octanol–water partition coefficient (Wildman–Crippen LogP) is 5.01. The van der Waals surface area contributed by atoms with Crippen LogP contribution in [0.2, 0.25) is 0 Å². The van der Waals surface area contributed by atoms with E-state index in [0.717, 1.165) is 37.7 Å². The van der Waals surface area contributed by atoms with Crippen molar-refractivity contribution in [3.63, 3.8) is 0 Å². The van der Waals surface area contributed by atoms with Crippen molar-refractivity contribution in [1.82, 2.24) is 19.3 Å². The highest BCUT2D eigenvalue weighted by molar-refractivity contribution is 7.89. The van der Waals surface area contributed by atoms with E-state index in [1.54, 1.807) is 9.29 Å². The molecule has 3 aromatic heterocycles. The summed E-state index contributed by atoms with van der Waals surface area (Å²) in [4.78, 5) is 7.86. The minimum absolute atomic E-state index is 0.0483. The Kier molecular flexibility index (Phi) is 5.37. The van der Waals surface area contributed by atoms with E-state index in [1.807, 2.05) is 6.07 Å². The molecule has 0 saturated heterocycles. The largest absolute Gasteiger partial charge is 0.407 e. The van der Waals surface area contributed by atoms with Crippen LogP contribution in [-0.2, 0) is 10.0 Å². The Morgan fingerprint density at radius 2 is 1.89 bits per heavy atom. The lowest BCUT2D eigenvalue weighted by atomic mass is 9.92. The van der Waals surface area contributed by atoms with Crippen molar-refractivity contribution in [1.29, 1.82) is 5.26 Å². The maximum Gasteiger partial charge on any atom is 0.407 e. The molecule has 0 aliphatic heterocycles. The van der Waals surface area contributed by atoms with Crippen LogP contribution in [-0.4, -0.2) is 34.7 Å². The highest BCUT2D eigenvalue weighted by Crippen LogP contribution is 2.50. The number of pyridine rings is 2. The zero-order valence-corrected chi connectivity index (χ0v) is 18.8. The zero-order chi connectivity index (χ0) is 25.2. The van der Waals surface area contributed by atoms with Gasteiger partial charge in [0, 0.05) is 29.4 Å². The third-order valence-electron chi connectivity index (χ3n) is 6.58. The zero-order valence-electron chi connectivity index (χ0n) is 18.0. The summed E-state index contributed by atoms with van der Waals surface area (Å²) in [7, 11) is -4.51. The summed E-state index contributed by atoms with van der Waals surface area (Å²) in [6.07, 6.45) is -3.74. The number of alkyl halides is 5. The van der Waals surface area contributed by atoms with Gasteiger partial charge in [-0.25, -0.2) is 22.2 Å².